The summed E-state index contributed by atoms with van der Waals surface area (Å²) in [6.07, 6.45) is 5.72. The molecule has 160 valence electrons. The summed E-state index contributed by atoms with van der Waals surface area (Å²) >= 11 is 0. The number of hydrogen-bond acceptors (Lipinski definition) is 5. The number of nitrogens with zero attached hydrogens (tertiary/aromatic N) is 4. The molecule has 1 aromatic rings. The average Bonchev–Trinajstić information content (AvgIpc) is 3.00. The Kier molecular flexibility index (Phi) is 7.52. The van der Waals surface area contributed by atoms with E-state index in [9.17, 15) is 13.2 Å². The molecule has 1 amide bonds. The average molecular weight is 434 g/mol. The summed E-state index contributed by atoms with van der Waals surface area (Å²) in [5.74, 6) is 0.676. The van der Waals surface area contributed by atoms with Gasteiger partial charge < -0.3 is 15.2 Å². The van der Waals surface area contributed by atoms with Crippen molar-refractivity contribution in [1.82, 2.24) is 18.8 Å². The van der Waals surface area contributed by atoms with Crippen LogP contribution in [0.15, 0.2) is 11.2 Å². The second kappa shape index (κ2) is 9.11. The van der Waals surface area contributed by atoms with E-state index in [1.165, 1.54) is 4.31 Å². The third kappa shape index (κ3) is 4.53. The van der Waals surface area contributed by atoms with Crippen LogP contribution >= 0.6 is 12.4 Å². The standard InChI is InChI=1S/C18H31N5O3S.ClH/c1-13(19)16-6-4-5-9-23(16)18(24)15-7-10-22(11-8-15)27(25,26)17-12-21(3)14(2)20-17;/h12-13,15-16H,4-11,19H2,1-3H3;1H. The Bertz CT molecular complexity index is 768. The van der Waals surface area contributed by atoms with Crippen molar-refractivity contribution in [2.75, 3.05) is 19.6 Å². The number of amides is 1. The molecule has 1 aromatic heterocycles. The Hall–Kier alpha value is -1.16. The van der Waals surface area contributed by atoms with Gasteiger partial charge in [-0.3, -0.25) is 4.79 Å². The molecule has 0 radical (unpaired) electrons. The highest BCUT2D eigenvalue weighted by molar-refractivity contribution is 7.89. The summed E-state index contributed by atoms with van der Waals surface area (Å²) in [7, 11) is -1.83. The monoisotopic (exact) mass is 433 g/mol. The van der Waals surface area contributed by atoms with Gasteiger partial charge in [-0.15, -0.1) is 12.4 Å². The lowest BCUT2D eigenvalue weighted by atomic mass is 9.91. The fourth-order valence-electron chi connectivity index (χ4n) is 4.14. The van der Waals surface area contributed by atoms with Crippen molar-refractivity contribution in [2.45, 2.75) is 63.1 Å². The molecule has 8 nitrogen and oxygen atoms in total. The van der Waals surface area contributed by atoms with Crippen LogP contribution in [0.1, 0.15) is 44.9 Å². The number of halogens is 1. The van der Waals surface area contributed by atoms with Gasteiger partial charge >= 0.3 is 0 Å². The first kappa shape index (κ1) is 23.1. The summed E-state index contributed by atoms with van der Waals surface area (Å²) in [6, 6.07) is 0.0617. The number of nitrogens with two attached hydrogens (primary N) is 1. The number of aromatic nitrogens is 2. The van der Waals surface area contributed by atoms with Gasteiger partial charge in [0.05, 0.1) is 0 Å². The van der Waals surface area contributed by atoms with Crippen LogP contribution in [0.2, 0.25) is 0 Å². The van der Waals surface area contributed by atoms with E-state index in [1.807, 2.05) is 11.8 Å². The summed E-state index contributed by atoms with van der Waals surface area (Å²) in [6.45, 7) is 5.20. The minimum Gasteiger partial charge on any atom is -0.338 e. The number of likely N-dealkylation sites (tertiary alicyclic amines) is 1. The number of imidazole rings is 1. The zero-order chi connectivity index (χ0) is 19.8. The summed E-state index contributed by atoms with van der Waals surface area (Å²) in [5.41, 5.74) is 6.09. The Morgan fingerprint density at radius 1 is 1.21 bits per heavy atom. The van der Waals surface area contributed by atoms with Gasteiger partial charge in [0.15, 0.2) is 5.03 Å². The highest BCUT2D eigenvalue weighted by atomic mass is 35.5. The lowest BCUT2D eigenvalue weighted by Gasteiger charge is -2.41. The van der Waals surface area contributed by atoms with Crippen molar-refractivity contribution >= 4 is 28.3 Å². The first-order valence-electron chi connectivity index (χ1n) is 9.78. The minimum absolute atomic E-state index is 0. The van der Waals surface area contributed by atoms with Crippen LogP contribution in [0.5, 0.6) is 0 Å². The van der Waals surface area contributed by atoms with Gasteiger partial charge in [-0.1, -0.05) is 0 Å². The fraction of sp³-hybridized carbons (Fsp3) is 0.778. The molecule has 2 saturated heterocycles. The maximum atomic E-state index is 13.0. The Morgan fingerprint density at radius 3 is 2.39 bits per heavy atom. The van der Waals surface area contributed by atoms with Crippen LogP contribution < -0.4 is 5.73 Å². The summed E-state index contributed by atoms with van der Waals surface area (Å²) < 4.78 is 28.8. The Balaban J connectivity index is 0.00000280. The van der Waals surface area contributed by atoms with E-state index in [-0.39, 0.29) is 41.3 Å². The number of sulfonamides is 1. The van der Waals surface area contributed by atoms with E-state index in [2.05, 4.69) is 4.98 Å². The molecule has 10 heteroatoms. The van der Waals surface area contributed by atoms with Gasteiger partial charge in [-0.05, 0) is 46.0 Å². The topological polar surface area (TPSA) is 102 Å². The van der Waals surface area contributed by atoms with Crippen LogP contribution in [0, 0.1) is 12.8 Å². The van der Waals surface area contributed by atoms with Gasteiger partial charge in [-0.2, -0.15) is 4.31 Å². The van der Waals surface area contributed by atoms with Crippen molar-refractivity contribution in [3.8, 4) is 0 Å². The molecule has 2 unspecified atom stereocenters. The van der Waals surface area contributed by atoms with Gasteiger partial charge in [0.2, 0.25) is 5.91 Å². The Morgan fingerprint density at radius 2 is 1.86 bits per heavy atom. The lowest BCUT2D eigenvalue weighted by molar-refractivity contribution is -0.141. The minimum atomic E-state index is -3.61. The van der Waals surface area contributed by atoms with Crippen molar-refractivity contribution in [3.05, 3.63) is 12.0 Å². The number of rotatable bonds is 4. The quantitative estimate of drug-likeness (QED) is 0.770. The molecule has 0 aromatic carbocycles. The molecular formula is C18H32ClN5O3S. The molecule has 3 heterocycles. The smallest absolute Gasteiger partial charge is 0.262 e. The predicted octanol–water partition coefficient (Wildman–Crippen LogP) is 1.28. The number of hydrogen-bond donors (Lipinski definition) is 1. The molecule has 2 aliphatic rings. The van der Waals surface area contributed by atoms with Gasteiger partial charge in [0.25, 0.3) is 10.0 Å². The summed E-state index contributed by atoms with van der Waals surface area (Å²) in [5, 5.41) is 0.0836. The van der Waals surface area contributed by atoms with Gasteiger partial charge in [-0.25, -0.2) is 13.4 Å². The van der Waals surface area contributed by atoms with Crippen LogP contribution in [-0.2, 0) is 21.9 Å². The van der Waals surface area contributed by atoms with Crippen LogP contribution in [-0.4, -0.2) is 64.8 Å². The van der Waals surface area contributed by atoms with Gasteiger partial charge in [0, 0.05) is 50.9 Å². The lowest BCUT2D eigenvalue weighted by Crippen LogP contribution is -2.54. The molecule has 2 atom stereocenters. The normalized spacial score (nSPS) is 23.3. The third-order valence-electron chi connectivity index (χ3n) is 5.93. The molecule has 0 saturated carbocycles. The number of aryl methyl sites for hydroxylation is 2. The first-order chi connectivity index (χ1) is 12.7. The first-order valence-corrected chi connectivity index (χ1v) is 11.2. The zero-order valence-corrected chi connectivity index (χ0v) is 18.5. The second-order valence-electron chi connectivity index (χ2n) is 7.87. The van der Waals surface area contributed by atoms with Gasteiger partial charge in [0.1, 0.15) is 5.82 Å². The number of carbonyl (C=O) groups excluding carboxylic acids is 1. The fourth-order valence-corrected chi connectivity index (χ4v) is 5.63. The van der Waals surface area contributed by atoms with E-state index in [4.69, 9.17) is 5.73 Å². The predicted molar refractivity (Wildman–Crippen MR) is 110 cm³/mol. The second-order valence-corrected chi connectivity index (χ2v) is 9.75. The number of piperidine rings is 2. The van der Waals surface area contributed by atoms with Crippen LogP contribution in [0.3, 0.4) is 0 Å². The molecule has 2 fully saturated rings. The van der Waals surface area contributed by atoms with E-state index in [0.29, 0.717) is 31.8 Å². The molecular weight excluding hydrogens is 402 g/mol. The van der Waals surface area contributed by atoms with Crippen molar-refractivity contribution in [3.63, 3.8) is 0 Å². The molecule has 3 rings (SSSR count). The molecule has 28 heavy (non-hydrogen) atoms. The largest absolute Gasteiger partial charge is 0.338 e. The van der Waals surface area contributed by atoms with E-state index in [1.54, 1.807) is 24.7 Å². The van der Waals surface area contributed by atoms with Crippen molar-refractivity contribution in [1.29, 1.82) is 0 Å². The maximum Gasteiger partial charge on any atom is 0.262 e. The maximum absolute atomic E-state index is 13.0. The molecule has 2 N–H and O–H groups in total. The molecule has 0 bridgehead atoms. The SMILES string of the molecule is Cc1nc(S(=O)(=O)N2CCC(C(=O)N3CCCCC3C(C)N)CC2)cn1C.Cl. The molecule has 0 spiro atoms. The van der Waals surface area contributed by atoms with Crippen molar-refractivity contribution < 1.29 is 13.2 Å². The van der Waals surface area contributed by atoms with Crippen molar-refractivity contribution in [2.24, 2.45) is 18.7 Å². The van der Waals surface area contributed by atoms with E-state index >= 15 is 0 Å². The molecule has 2 aliphatic heterocycles. The third-order valence-corrected chi connectivity index (χ3v) is 7.70. The van der Waals surface area contributed by atoms with Crippen LogP contribution in [0.4, 0.5) is 0 Å². The highest BCUT2D eigenvalue weighted by Crippen LogP contribution is 2.28. The number of carbonyl (C=O) groups is 1. The van der Waals surface area contributed by atoms with Crippen LogP contribution in [0.25, 0.3) is 0 Å². The summed E-state index contributed by atoms with van der Waals surface area (Å²) in [4.78, 5) is 19.1. The zero-order valence-electron chi connectivity index (χ0n) is 16.9. The Labute approximate surface area is 173 Å². The molecule has 0 aliphatic carbocycles. The van der Waals surface area contributed by atoms with E-state index < -0.39 is 10.0 Å². The highest BCUT2D eigenvalue weighted by Gasteiger charge is 2.37. The van der Waals surface area contributed by atoms with E-state index in [0.717, 1.165) is 25.8 Å².